The van der Waals surface area contributed by atoms with Crippen molar-refractivity contribution in [2.45, 2.75) is 32.3 Å². The quantitative estimate of drug-likeness (QED) is 0.615. The lowest BCUT2D eigenvalue weighted by atomic mass is 10.1. The number of benzene rings is 2. The molecule has 146 valence electrons. The van der Waals surface area contributed by atoms with Crippen LogP contribution in [0.1, 0.15) is 25.3 Å². The van der Waals surface area contributed by atoms with E-state index >= 15 is 0 Å². The van der Waals surface area contributed by atoms with E-state index in [0.29, 0.717) is 35.2 Å². The number of halogens is 1. The van der Waals surface area contributed by atoms with Crippen LogP contribution in [0, 0.1) is 0 Å². The number of ether oxygens (including phenoxy) is 3. The topological polar surface area (TPSA) is 56.8 Å². The highest BCUT2D eigenvalue weighted by Crippen LogP contribution is 2.28. The highest BCUT2D eigenvalue weighted by molar-refractivity contribution is 6.32. The normalized spacial score (nSPS) is 11.6. The zero-order valence-corrected chi connectivity index (χ0v) is 16.7. The first kappa shape index (κ1) is 20.9. The summed E-state index contributed by atoms with van der Waals surface area (Å²) >= 11 is 6.10. The summed E-state index contributed by atoms with van der Waals surface area (Å²) in [6, 6.07) is 13.0. The van der Waals surface area contributed by atoms with Crippen LogP contribution < -0.4 is 19.5 Å². The minimum absolute atomic E-state index is 0.135. The van der Waals surface area contributed by atoms with Gasteiger partial charge in [-0.15, -0.1) is 0 Å². The molecule has 2 aromatic rings. The molecule has 2 aromatic carbocycles. The minimum atomic E-state index is -0.564. The van der Waals surface area contributed by atoms with E-state index in [-0.39, 0.29) is 5.91 Å². The van der Waals surface area contributed by atoms with Crippen LogP contribution >= 0.6 is 11.6 Å². The fourth-order valence-corrected chi connectivity index (χ4v) is 2.85. The first-order chi connectivity index (χ1) is 13.1. The average Bonchev–Trinajstić information content (AvgIpc) is 2.70. The van der Waals surface area contributed by atoms with Gasteiger partial charge in [-0.1, -0.05) is 36.7 Å². The van der Waals surface area contributed by atoms with Gasteiger partial charge in [0.05, 0.1) is 19.2 Å². The van der Waals surface area contributed by atoms with Gasteiger partial charge >= 0.3 is 0 Å². The molecule has 27 heavy (non-hydrogen) atoms. The fourth-order valence-electron chi connectivity index (χ4n) is 2.67. The summed E-state index contributed by atoms with van der Waals surface area (Å²) in [7, 11) is 3.23. The Morgan fingerprint density at radius 2 is 1.81 bits per heavy atom. The summed E-state index contributed by atoms with van der Waals surface area (Å²) in [5, 5.41) is 3.43. The Morgan fingerprint density at radius 3 is 2.48 bits per heavy atom. The summed E-state index contributed by atoms with van der Waals surface area (Å²) in [5.74, 6) is 1.80. The molecule has 0 aliphatic rings. The van der Waals surface area contributed by atoms with Crippen molar-refractivity contribution in [3.8, 4) is 17.2 Å². The van der Waals surface area contributed by atoms with Gasteiger partial charge in [-0.25, -0.2) is 0 Å². The number of methoxy groups -OCH3 is 2. The number of rotatable bonds is 10. The van der Waals surface area contributed by atoms with Crippen LogP contribution in [0.5, 0.6) is 17.2 Å². The van der Waals surface area contributed by atoms with Gasteiger partial charge < -0.3 is 19.5 Å². The molecule has 0 saturated carbocycles. The number of carbonyl (C=O) groups is 1. The van der Waals surface area contributed by atoms with E-state index in [4.69, 9.17) is 25.8 Å². The third-order valence-electron chi connectivity index (χ3n) is 4.16. The van der Waals surface area contributed by atoms with Crippen molar-refractivity contribution in [1.82, 2.24) is 5.32 Å². The highest BCUT2D eigenvalue weighted by Gasteiger charge is 2.18. The average molecular weight is 392 g/mol. The Bertz CT molecular complexity index is 751. The van der Waals surface area contributed by atoms with Crippen molar-refractivity contribution in [1.29, 1.82) is 0 Å². The van der Waals surface area contributed by atoms with E-state index in [0.717, 1.165) is 18.4 Å². The molecular weight excluding hydrogens is 366 g/mol. The van der Waals surface area contributed by atoms with Crippen LogP contribution in [0.4, 0.5) is 0 Å². The van der Waals surface area contributed by atoms with Gasteiger partial charge in [-0.2, -0.15) is 0 Å². The largest absolute Gasteiger partial charge is 0.493 e. The second kappa shape index (κ2) is 10.7. The third kappa shape index (κ3) is 6.07. The summed E-state index contributed by atoms with van der Waals surface area (Å²) < 4.78 is 16.3. The molecule has 0 fully saturated rings. The standard InChI is InChI=1S/C21H26ClNO4/c1-4-17(27-18-10-6-5-9-16(18)22)21(24)23-13-7-8-15-11-12-19(25-2)20(14-15)26-3/h5-6,9-12,14,17H,4,7-8,13H2,1-3H3,(H,23,24)/t17-/m0/s1. The third-order valence-corrected chi connectivity index (χ3v) is 4.47. The maximum Gasteiger partial charge on any atom is 0.261 e. The van der Waals surface area contributed by atoms with Crippen LogP contribution in [-0.2, 0) is 11.2 Å². The van der Waals surface area contributed by atoms with Gasteiger partial charge in [0.25, 0.3) is 5.91 Å². The van der Waals surface area contributed by atoms with Gasteiger partial charge in [0.1, 0.15) is 5.75 Å². The number of hydrogen-bond acceptors (Lipinski definition) is 4. The van der Waals surface area contributed by atoms with Gasteiger partial charge in [0.15, 0.2) is 17.6 Å². The zero-order chi connectivity index (χ0) is 19.6. The number of aryl methyl sites for hydroxylation is 1. The SMILES string of the molecule is CC[C@H](Oc1ccccc1Cl)C(=O)NCCCc1ccc(OC)c(OC)c1. The minimum Gasteiger partial charge on any atom is -0.493 e. The van der Waals surface area contributed by atoms with Crippen LogP contribution in [0.15, 0.2) is 42.5 Å². The van der Waals surface area contributed by atoms with Gasteiger partial charge in [0.2, 0.25) is 0 Å². The predicted octanol–water partition coefficient (Wildman–Crippen LogP) is 4.26. The molecule has 0 spiro atoms. The molecule has 0 aliphatic carbocycles. The smallest absolute Gasteiger partial charge is 0.261 e. The van der Waals surface area contributed by atoms with E-state index in [1.54, 1.807) is 26.4 Å². The zero-order valence-electron chi connectivity index (χ0n) is 16.0. The molecule has 0 radical (unpaired) electrons. The Balaban J connectivity index is 1.81. The van der Waals surface area contributed by atoms with Crippen molar-refractivity contribution in [3.63, 3.8) is 0 Å². The molecule has 0 bridgehead atoms. The summed E-state index contributed by atoms with van der Waals surface area (Å²) in [6.45, 7) is 2.47. The van der Waals surface area contributed by atoms with E-state index in [1.807, 2.05) is 37.3 Å². The van der Waals surface area contributed by atoms with E-state index < -0.39 is 6.10 Å². The molecular formula is C21H26ClNO4. The Hall–Kier alpha value is -2.40. The van der Waals surface area contributed by atoms with E-state index in [1.165, 1.54) is 0 Å². The number of para-hydroxylation sites is 1. The van der Waals surface area contributed by atoms with Crippen LogP contribution in [0.3, 0.4) is 0 Å². The van der Waals surface area contributed by atoms with Gasteiger partial charge in [0, 0.05) is 6.54 Å². The van der Waals surface area contributed by atoms with Gasteiger partial charge in [-0.3, -0.25) is 4.79 Å². The molecule has 0 aliphatic heterocycles. The molecule has 1 N–H and O–H groups in total. The fraction of sp³-hybridized carbons (Fsp3) is 0.381. The molecule has 6 heteroatoms. The number of hydrogen-bond donors (Lipinski definition) is 1. The van der Waals surface area contributed by atoms with Crippen LogP contribution in [-0.4, -0.2) is 32.8 Å². The molecule has 1 amide bonds. The predicted molar refractivity (Wildman–Crippen MR) is 107 cm³/mol. The molecule has 1 atom stereocenters. The molecule has 0 aromatic heterocycles. The first-order valence-electron chi connectivity index (χ1n) is 8.98. The summed E-state index contributed by atoms with van der Waals surface area (Å²) in [4.78, 5) is 12.4. The number of carbonyl (C=O) groups excluding carboxylic acids is 1. The summed E-state index contributed by atoms with van der Waals surface area (Å²) in [6.07, 6.45) is 1.63. The van der Waals surface area contributed by atoms with Crippen molar-refractivity contribution in [2.24, 2.45) is 0 Å². The number of nitrogens with one attached hydrogen (secondary N) is 1. The molecule has 0 saturated heterocycles. The summed E-state index contributed by atoms with van der Waals surface area (Å²) in [5.41, 5.74) is 1.13. The van der Waals surface area contributed by atoms with Crippen LogP contribution in [0.25, 0.3) is 0 Å². The molecule has 5 nitrogen and oxygen atoms in total. The van der Waals surface area contributed by atoms with E-state index in [9.17, 15) is 4.79 Å². The lowest BCUT2D eigenvalue weighted by molar-refractivity contribution is -0.128. The Kier molecular flexibility index (Phi) is 8.27. The van der Waals surface area contributed by atoms with Crippen molar-refractivity contribution < 1.29 is 19.0 Å². The maximum atomic E-state index is 12.4. The monoisotopic (exact) mass is 391 g/mol. The number of amides is 1. The van der Waals surface area contributed by atoms with E-state index in [2.05, 4.69) is 5.32 Å². The van der Waals surface area contributed by atoms with Crippen molar-refractivity contribution >= 4 is 17.5 Å². The maximum absolute atomic E-state index is 12.4. The Labute approximate surface area is 165 Å². The molecule has 2 rings (SSSR count). The Morgan fingerprint density at radius 1 is 1.07 bits per heavy atom. The lowest BCUT2D eigenvalue weighted by Gasteiger charge is -2.18. The second-order valence-corrected chi connectivity index (χ2v) is 6.44. The van der Waals surface area contributed by atoms with Crippen LogP contribution in [0.2, 0.25) is 5.02 Å². The second-order valence-electron chi connectivity index (χ2n) is 6.03. The molecule has 0 heterocycles. The van der Waals surface area contributed by atoms with Crippen molar-refractivity contribution in [3.05, 3.63) is 53.1 Å². The van der Waals surface area contributed by atoms with Gasteiger partial charge in [-0.05, 0) is 49.1 Å². The molecule has 0 unspecified atom stereocenters. The highest BCUT2D eigenvalue weighted by atomic mass is 35.5. The lowest BCUT2D eigenvalue weighted by Crippen LogP contribution is -2.38. The van der Waals surface area contributed by atoms with Crippen molar-refractivity contribution in [2.75, 3.05) is 20.8 Å². The first-order valence-corrected chi connectivity index (χ1v) is 9.36.